The Kier molecular flexibility index (Phi) is 4.45. The molecule has 4 nitrogen and oxygen atoms in total. The molecule has 1 amide bonds. The van der Waals surface area contributed by atoms with Gasteiger partial charge in [0.25, 0.3) is 0 Å². The number of para-hydroxylation sites is 1. The van der Waals surface area contributed by atoms with Crippen LogP contribution in [0.3, 0.4) is 0 Å². The highest BCUT2D eigenvalue weighted by Crippen LogP contribution is 2.38. The number of rotatable bonds is 4. The third-order valence-corrected chi connectivity index (χ3v) is 3.43. The number of carbonyl (C=O) groups excluding carboxylic acids is 1. The van der Waals surface area contributed by atoms with E-state index in [1.807, 2.05) is 50.3 Å². The molecule has 0 fully saturated rings. The number of carbonyl (C=O) groups is 1. The molecule has 0 N–H and O–H groups in total. The van der Waals surface area contributed by atoms with Gasteiger partial charge in [-0.25, -0.2) is 9.69 Å². The Morgan fingerprint density at radius 2 is 1.95 bits per heavy atom. The van der Waals surface area contributed by atoms with E-state index in [0.717, 1.165) is 11.3 Å². The normalized spacial score (nSPS) is 20.6. The monoisotopic (exact) mass is 275 g/mol. The summed E-state index contributed by atoms with van der Waals surface area (Å²) >= 11 is 0. The summed E-state index contributed by atoms with van der Waals surface area (Å²) in [7, 11) is 0. The summed E-state index contributed by atoms with van der Waals surface area (Å²) in [5.41, 5.74) is 1.04. The van der Waals surface area contributed by atoms with Crippen molar-refractivity contribution in [2.24, 2.45) is 0 Å². The summed E-state index contributed by atoms with van der Waals surface area (Å²) in [6, 6.07) is 7.76. The van der Waals surface area contributed by atoms with Crippen LogP contribution in [0.25, 0.3) is 6.08 Å². The second kappa shape index (κ2) is 6.09. The molecule has 1 aliphatic rings. The lowest BCUT2D eigenvalue weighted by atomic mass is 9.98. The molecule has 1 aromatic carbocycles. The number of benzene rings is 1. The molecule has 2 rings (SSSR count). The molecular formula is C16H21NO3. The first-order chi connectivity index (χ1) is 9.68. The van der Waals surface area contributed by atoms with E-state index in [0.29, 0.717) is 19.6 Å². The van der Waals surface area contributed by atoms with Crippen LogP contribution >= 0.6 is 0 Å². The lowest BCUT2D eigenvalue weighted by molar-refractivity contribution is -0.00646. The molecule has 1 unspecified atom stereocenters. The minimum Gasteiger partial charge on any atom is -0.449 e. The van der Waals surface area contributed by atoms with Crippen LogP contribution in [-0.2, 0) is 9.47 Å². The van der Waals surface area contributed by atoms with E-state index in [1.165, 1.54) is 0 Å². The Balaban J connectivity index is 2.51. The van der Waals surface area contributed by atoms with Crippen molar-refractivity contribution in [3.63, 3.8) is 0 Å². The first-order valence-electron chi connectivity index (χ1n) is 7.07. The average Bonchev–Trinajstić information content (AvgIpc) is 2.47. The fraction of sp³-hybridized carbons (Fsp3) is 0.438. The van der Waals surface area contributed by atoms with E-state index in [4.69, 9.17) is 9.47 Å². The van der Waals surface area contributed by atoms with E-state index in [2.05, 4.69) is 0 Å². The highest BCUT2D eigenvalue weighted by atomic mass is 16.6. The quantitative estimate of drug-likeness (QED) is 0.838. The van der Waals surface area contributed by atoms with Gasteiger partial charge in [0.05, 0.1) is 12.3 Å². The maximum atomic E-state index is 12.4. The summed E-state index contributed by atoms with van der Waals surface area (Å²) < 4.78 is 11.1. The average molecular weight is 275 g/mol. The van der Waals surface area contributed by atoms with Crippen molar-refractivity contribution < 1.29 is 14.3 Å². The molecule has 1 aliphatic heterocycles. The van der Waals surface area contributed by atoms with Crippen LogP contribution < -0.4 is 4.90 Å². The van der Waals surface area contributed by atoms with Gasteiger partial charge in [0.1, 0.15) is 0 Å². The highest BCUT2D eigenvalue weighted by molar-refractivity contribution is 5.94. The third kappa shape index (κ3) is 2.43. The molecule has 108 valence electrons. The maximum Gasteiger partial charge on any atom is 0.416 e. The van der Waals surface area contributed by atoms with Gasteiger partial charge in [0, 0.05) is 6.61 Å². The molecule has 1 aromatic rings. The van der Waals surface area contributed by atoms with Crippen molar-refractivity contribution in [1.29, 1.82) is 0 Å². The van der Waals surface area contributed by atoms with Gasteiger partial charge in [0.15, 0.2) is 5.72 Å². The molecule has 0 radical (unpaired) electrons. The first kappa shape index (κ1) is 14.6. The van der Waals surface area contributed by atoms with Crippen molar-refractivity contribution >= 4 is 17.9 Å². The number of hydrogen-bond acceptors (Lipinski definition) is 3. The van der Waals surface area contributed by atoms with Gasteiger partial charge in [-0.3, -0.25) is 0 Å². The Hall–Kier alpha value is -1.81. The number of fused-ring (bicyclic) bond motifs is 1. The van der Waals surface area contributed by atoms with Crippen LogP contribution in [0.2, 0.25) is 0 Å². The van der Waals surface area contributed by atoms with Gasteiger partial charge in [-0.1, -0.05) is 31.2 Å². The molecule has 20 heavy (non-hydrogen) atoms. The standard InChI is InChI=1S/C16H21NO3/c1-4-16(20-6-3)12-11-13-9-7-8-10-14(13)17(16)15(18)19-5-2/h7-12H,4-6H2,1-3H3. The van der Waals surface area contributed by atoms with Crippen molar-refractivity contribution in [3.05, 3.63) is 35.9 Å². The Morgan fingerprint density at radius 3 is 2.60 bits per heavy atom. The molecule has 4 heteroatoms. The number of hydrogen-bond donors (Lipinski definition) is 0. The van der Waals surface area contributed by atoms with E-state index in [9.17, 15) is 4.79 Å². The maximum absolute atomic E-state index is 12.4. The van der Waals surface area contributed by atoms with Crippen molar-refractivity contribution in [1.82, 2.24) is 0 Å². The SMILES string of the molecule is CCOC(=O)N1c2ccccc2C=CC1(CC)OCC. The Morgan fingerprint density at radius 1 is 1.20 bits per heavy atom. The summed E-state index contributed by atoms with van der Waals surface area (Å²) in [5.74, 6) is 0. The van der Waals surface area contributed by atoms with E-state index >= 15 is 0 Å². The first-order valence-corrected chi connectivity index (χ1v) is 7.07. The number of amides is 1. The topological polar surface area (TPSA) is 38.8 Å². The van der Waals surface area contributed by atoms with Gasteiger partial charge in [0.2, 0.25) is 0 Å². The second-order valence-electron chi connectivity index (χ2n) is 4.56. The zero-order valence-corrected chi connectivity index (χ0v) is 12.3. The zero-order valence-electron chi connectivity index (χ0n) is 12.3. The molecule has 0 saturated heterocycles. The minimum absolute atomic E-state index is 0.340. The lowest BCUT2D eigenvalue weighted by Crippen LogP contribution is -2.54. The van der Waals surface area contributed by atoms with Crippen molar-refractivity contribution in [2.75, 3.05) is 18.1 Å². The highest BCUT2D eigenvalue weighted by Gasteiger charge is 2.41. The van der Waals surface area contributed by atoms with Crippen LogP contribution in [0.5, 0.6) is 0 Å². The largest absolute Gasteiger partial charge is 0.449 e. The van der Waals surface area contributed by atoms with Crippen LogP contribution in [-0.4, -0.2) is 25.0 Å². The van der Waals surface area contributed by atoms with Crippen molar-refractivity contribution in [3.8, 4) is 0 Å². The number of ether oxygens (including phenoxy) is 2. The van der Waals surface area contributed by atoms with Gasteiger partial charge in [-0.2, -0.15) is 0 Å². The minimum atomic E-state index is -0.768. The molecule has 0 aliphatic carbocycles. The van der Waals surface area contributed by atoms with Gasteiger partial charge >= 0.3 is 6.09 Å². The third-order valence-electron chi connectivity index (χ3n) is 3.43. The van der Waals surface area contributed by atoms with E-state index in [-0.39, 0.29) is 6.09 Å². The van der Waals surface area contributed by atoms with Gasteiger partial charge in [-0.15, -0.1) is 0 Å². The zero-order chi connectivity index (χ0) is 14.6. The Labute approximate surface area is 120 Å². The summed E-state index contributed by atoms with van der Waals surface area (Å²) in [6.07, 6.45) is 4.23. The molecule has 1 heterocycles. The number of nitrogens with zero attached hydrogens (tertiary/aromatic N) is 1. The summed E-state index contributed by atoms with van der Waals surface area (Å²) in [5, 5.41) is 0. The predicted octanol–water partition coefficient (Wildman–Crippen LogP) is 3.82. The summed E-state index contributed by atoms with van der Waals surface area (Å²) in [6.45, 7) is 6.59. The van der Waals surface area contributed by atoms with Crippen LogP contribution in [0.1, 0.15) is 32.8 Å². The molecular weight excluding hydrogens is 254 g/mol. The fourth-order valence-electron chi connectivity index (χ4n) is 2.51. The molecule has 0 bridgehead atoms. The summed E-state index contributed by atoms with van der Waals surface area (Å²) in [4.78, 5) is 14.0. The lowest BCUT2D eigenvalue weighted by Gasteiger charge is -2.42. The fourth-order valence-corrected chi connectivity index (χ4v) is 2.51. The Bertz CT molecular complexity index is 512. The van der Waals surface area contributed by atoms with Crippen LogP contribution in [0, 0.1) is 0 Å². The van der Waals surface area contributed by atoms with E-state index in [1.54, 1.807) is 11.8 Å². The smallest absolute Gasteiger partial charge is 0.416 e. The van der Waals surface area contributed by atoms with Crippen LogP contribution in [0.15, 0.2) is 30.3 Å². The molecule has 0 saturated carbocycles. The van der Waals surface area contributed by atoms with Gasteiger partial charge in [-0.05, 0) is 38.0 Å². The number of anilines is 1. The van der Waals surface area contributed by atoms with Crippen molar-refractivity contribution in [2.45, 2.75) is 32.9 Å². The van der Waals surface area contributed by atoms with Crippen LogP contribution in [0.4, 0.5) is 10.5 Å². The second-order valence-corrected chi connectivity index (χ2v) is 4.56. The molecule has 0 spiro atoms. The predicted molar refractivity (Wildman–Crippen MR) is 79.6 cm³/mol. The molecule has 0 aromatic heterocycles. The molecule has 1 atom stereocenters. The van der Waals surface area contributed by atoms with E-state index < -0.39 is 5.72 Å². The van der Waals surface area contributed by atoms with Gasteiger partial charge < -0.3 is 9.47 Å².